The summed E-state index contributed by atoms with van der Waals surface area (Å²) in [5.74, 6) is 0.224. The molecule has 2 unspecified atom stereocenters. The minimum absolute atomic E-state index is 0.0422. The number of hydrogen-bond acceptors (Lipinski definition) is 4. The molecule has 2 N–H and O–H groups in total. The van der Waals surface area contributed by atoms with Crippen LogP contribution in [0.5, 0.6) is 0 Å². The number of nitrogens with two attached hydrogens (primary N) is 1. The van der Waals surface area contributed by atoms with Crippen molar-refractivity contribution in [2.24, 2.45) is 5.73 Å². The van der Waals surface area contributed by atoms with Crippen LogP contribution in [0, 0.1) is 0 Å². The molecule has 5 nitrogen and oxygen atoms in total. The molecule has 0 aromatic heterocycles. The maximum absolute atomic E-state index is 12.3. The van der Waals surface area contributed by atoms with Crippen molar-refractivity contribution >= 4 is 5.91 Å². The number of rotatable bonds is 2. The molecule has 0 radical (unpaired) electrons. The van der Waals surface area contributed by atoms with E-state index >= 15 is 0 Å². The van der Waals surface area contributed by atoms with Gasteiger partial charge in [0.25, 0.3) is 0 Å². The number of carbonyl (C=O) groups is 1. The molecule has 98 valence electrons. The number of likely N-dealkylation sites (tertiary alicyclic amines) is 1. The van der Waals surface area contributed by atoms with Crippen molar-refractivity contribution in [3.8, 4) is 0 Å². The number of hydrogen-bond donors (Lipinski definition) is 1. The predicted molar refractivity (Wildman–Crippen MR) is 65.6 cm³/mol. The van der Waals surface area contributed by atoms with Crippen LogP contribution in [0.4, 0.5) is 0 Å². The summed E-state index contributed by atoms with van der Waals surface area (Å²) in [6.45, 7) is 6.61. The van der Waals surface area contributed by atoms with Crippen LogP contribution < -0.4 is 5.73 Å². The third kappa shape index (κ3) is 3.18. The minimum atomic E-state index is -0.0422. The van der Waals surface area contributed by atoms with E-state index in [9.17, 15) is 4.79 Å². The summed E-state index contributed by atoms with van der Waals surface area (Å²) in [6, 6.07) is 0.183. The average molecular weight is 241 g/mol. The van der Waals surface area contributed by atoms with E-state index in [0.29, 0.717) is 13.2 Å². The number of ether oxygens (including phenoxy) is 1. The fraction of sp³-hybridized carbons (Fsp3) is 0.917. The molecule has 0 spiro atoms. The van der Waals surface area contributed by atoms with Crippen LogP contribution in [0.1, 0.15) is 19.8 Å². The highest BCUT2D eigenvalue weighted by molar-refractivity contribution is 5.81. The smallest absolute Gasteiger partial charge is 0.239 e. The zero-order valence-electron chi connectivity index (χ0n) is 10.6. The van der Waals surface area contributed by atoms with Crippen LogP contribution in [0.2, 0.25) is 0 Å². The van der Waals surface area contributed by atoms with Gasteiger partial charge in [-0.1, -0.05) is 0 Å². The van der Waals surface area contributed by atoms with Gasteiger partial charge in [-0.3, -0.25) is 9.69 Å². The fourth-order valence-electron chi connectivity index (χ4n) is 2.60. The third-order valence-electron chi connectivity index (χ3n) is 3.72. The molecule has 2 aliphatic rings. The molecule has 2 fully saturated rings. The summed E-state index contributed by atoms with van der Waals surface area (Å²) in [5, 5.41) is 0. The first-order chi connectivity index (χ1) is 8.18. The molecule has 2 heterocycles. The van der Waals surface area contributed by atoms with E-state index in [1.807, 2.05) is 11.8 Å². The summed E-state index contributed by atoms with van der Waals surface area (Å²) in [4.78, 5) is 16.4. The number of amides is 1. The van der Waals surface area contributed by atoms with E-state index in [2.05, 4.69) is 4.90 Å². The van der Waals surface area contributed by atoms with Gasteiger partial charge in [-0.25, -0.2) is 0 Å². The fourth-order valence-corrected chi connectivity index (χ4v) is 2.60. The Bertz CT molecular complexity index is 266. The topological polar surface area (TPSA) is 58.8 Å². The first-order valence-corrected chi connectivity index (χ1v) is 6.54. The minimum Gasteiger partial charge on any atom is -0.378 e. The second kappa shape index (κ2) is 5.80. The zero-order valence-corrected chi connectivity index (χ0v) is 10.6. The van der Waals surface area contributed by atoms with Crippen molar-refractivity contribution in [1.82, 2.24) is 9.80 Å². The lowest BCUT2D eigenvalue weighted by molar-refractivity contribution is -0.140. The summed E-state index contributed by atoms with van der Waals surface area (Å²) >= 11 is 0. The van der Waals surface area contributed by atoms with E-state index in [4.69, 9.17) is 10.5 Å². The molecule has 5 heteroatoms. The molecule has 0 saturated carbocycles. The average Bonchev–Trinajstić information content (AvgIpc) is 2.38. The number of piperidine rings is 1. The maximum Gasteiger partial charge on any atom is 0.239 e. The Morgan fingerprint density at radius 2 is 2.06 bits per heavy atom. The van der Waals surface area contributed by atoms with Crippen LogP contribution in [0.15, 0.2) is 0 Å². The predicted octanol–water partition coefficient (Wildman–Crippen LogP) is -0.343. The molecule has 2 saturated heterocycles. The SMILES string of the molecule is CC(C(=O)N1CCOCC1)N1CCCC(N)C1. The standard InChI is InChI=1S/C12H23N3O2/c1-10(15-4-2-3-11(13)9-15)12(16)14-5-7-17-8-6-14/h10-11H,2-9,13H2,1H3. The Morgan fingerprint density at radius 1 is 1.35 bits per heavy atom. The number of carbonyl (C=O) groups excluding carboxylic acids is 1. The largest absolute Gasteiger partial charge is 0.378 e. The summed E-state index contributed by atoms with van der Waals surface area (Å²) in [6.07, 6.45) is 2.18. The van der Waals surface area contributed by atoms with Gasteiger partial charge in [0.1, 0.15) is 0 Å². The van der Waals surface area contributed by atoms with Gasteiger partial charge in [0.2, 0.25) is 5.91 Å². The molecular weight excluding hydrogens is 218 g/mol. The van der Waals surface area contributed by atoms with Crippen molar-refractivity contribution in [3.05, 3.63) is 0 Å². The van der Waals surface area contributed by atoms with E-state index in [1.54, 1.807) is 0 Å². The van der Waals surface area contributed by atoms with Crippen LogP contribution in [-0.4, -0.2) is 67.2 Å². The van der Waals surface area contributed by atoms with Crippen LogP contribution in [-0.2, 0) is 9.53 Å². The molecule has 0 aromatic rings. The van der Waals surface area contributed by atoms with Gasteiger partial charge in [-0.15, -0.1) is 0 Å². The van der Waals surface area contributed by atoms with Gasteiger partial charge in [0.15, 0.2) is 0 Å². The molecular formula is C12H23N3O2. The van der Waals surface area contributed by atoms with E-state index in [1.165, 1.54) is 0 Å². The van der Waals surface area contributed by atoms with E-state index in [0.717, 1.165) is 39.0 Å². The van der Waals surface area contributed by atoms with Crippen molar-refractivity contribution < 1.29 is 9.53 Å². The summed E-state index contributed by atoms with van der Waals surface area (Å²) < 4.78 is 5.26. The van der Waals surface area contributed by atoms with Crippen LogP contribution >= 0.6 is 0 Å². The van der Waals surface area contributed by atoms with Gasteiger partial charge in [0, 0.05) is 25.7 Å². The zero-order chi connectivity index (χ0) is 12.3. The first-order valence-electron chi connectivity index (χ1n) is 6.54. The Kier molecular flexibility index (Phi) is 4.36. The van der Waals surface area contributed by atoms with Crippen molar-refractivity contribution in [2.45, 2.75) is 31.8 Å². The second-order valence-corrected chi connectivity index (χ2v) is 5.01. The normalized spacial score (nSPS) is 29.1. The summed E-state index contributed by atoms with van der Waals surface area (Å²) in [5.41, 5.74) is 5.95. The lowest BCUT2D eigenvalue weighted by Crippen LogP contribution is -2.54. The van der Waals surface area contributed by atoms with Crippen molar-refractivity contribution in [3.63, 3.8) is 0 Å². The molecule has 0 aromatic carbocycles. The molecule has 2 atom stereocenters. The third-order valence-corrected chi connectivity index (χ3v) is 3.72. The van der Waals surface area contributed by atoms with Gasteiger partial charge in [-0.05, 0) is 26.3 Å². The van der Waals surface area contributed by atoms with Gasteiger partial charge >= 0.3 is 0 Å². The van der Waals surface area contributed by atoms with Crippen LogP contribution in [0.25, 0.3) is 0 Å². The summed E-state index contributed by atoms with van der Waals surface area (Å²) in [7, 11) is 0. The quantitative estimate of drug-likeness (QED) is 0.718. The number of morpholine rings is 1. The van der Waals surface area contributed by atoms with Crippen molar-refractivity contribution in [1.29, 1.82) is 0 Å². The maximum atomic E-state index is 12.3. The van der Waals surface area contributed by atoms with E-state index < -0.39 is 0 Å². The Hall–Kier alpha value is -0.650. The highest BCUT2D eigenvalue weighted by Crippen LogP contribution is 2.13. The Balaban J connectivity index is 1.89. The molecule has 0 aliphatic carbocycles. The number of nitrogens with zero attached hydrogens (tertiary/aromatic N) is 2. The first kappa shape index (κ1) is 12.8. The molecule has 0 bridgehead atoms. The highest BCUT2D eigenvalue weighted by Gasteiger charge is 2.29. The van der Waals surface area contributed by atoms with Gasteiger partial charge in [0.05, 0.1) is 19.3 Å². The molecule has 2 rings (SSSR count). The van der Waals surface area contributed by atoms with E-state index in [-0.39, 0.29) is 18.0 Å². The lowest BCUT2D eigenvalue weighted by atomic mass is 10.0. The van der Waals surface area contributed by atoms with Gasteiger partial charge < -0.3 is 15.4 Å². The highest BCUT2D eigenvalue weighted by atomic mass is 16.5. The Labute approximate surface area is 103 Å². The lowest BCUT2D eigenvalue weighted by Gasteiger charge is -2.37. The Morgan fingerprint density at radius 3 is 2.71 bits per heavy atom. The van der Waals surface area contributed by atoms with Crippen molar-refractivity contribution in [2.75, 3.05) is 39.4 Å². The molecule has 17 heavy (non-hydrogen) atoms. The molecule has 1 amide bonds. The second-order valence-electron chi connectivity index (χ2n) is 5.01. The van der Waals surface area contributed by atoms with Gasteiger partial charge in [-0.2, -0.15) is 0 Å². The molecule has 2 aliphatic heterocycles. The van der Waals surface area contributed by atoms with Crippen LogP contribution in [0.3, 0.4) is 0 Å². The monoisotopic (exact) mass is 241 g/mol.